The highest BCUT2D eigenvalue weighted by atomic mass is 32.1. The van der Waals surface area contributed by atoms with Gasteiger partial charge < -0.3 is 14.9 Å². The van der Waals surface area contributed by atoms with Gasteiger partial charge in [-0.05, 0) is 32.9 Å². The molecule has 19 heavy (non-hydrogen) atoms. The molecule has 2 rings (SSSR count). The highest BCUT2D eigenvalue weighted by Gasteiger charge is 2.24. The van der Waals surface area contributed by atoms with Crippen molar-refractivity contribution in [3.63, 3.8) is 0 Å². The van der Waals surface area contributed by atoms with Gasteiger partial charge in [-0.25, -0.2) is 4.98 Å². The Labute approximate surface area is 120 Å². The van der Waals surface area contributed by atoms with E-state index in [9.17, 15) is 5.11 Å². The maximum absolute atomic E-state index is 9.49. The molecule has 1 aromatic rings. The molecule has 108 valence electrons. The summed E-state index contributed by atoms with van der Waals surface area (Å²) in [6.45, 7) is 9.92. The average Bonchev–Trinajstić information content (AvgIpc) is 2.70. The molecule has 1 aliphatic rings. The predicted molar refractivity (Wildman–Crippen MR) is 81.0 cm³/mol. The van der Waals surface area contributed by atoms with Gasteiger partial charge in [0.15, 0.2) is 5.13 Å². The minimum atomic E-state index is 0.104. The van der Waals surface area contributed by atoms with Crippen LogP contribution in [0.25, 0.3) is 0 Å². The molecule has 1 saturated heterocycles. The third-order valence-corrected chi connectivity index (χ3v) is 4.79. The van der Waals surface area contributed by atoms with Crippen LogP contribution in [0.1, 0.15) is 43.7 Å². The number of anilines is 1. The Morgan fingerprint density at radius 2 is 2.16 bits per heavy atom. The highest BCUT2D eigenvalue weighted by Crippen LogP contribution is 2.32. The summed E-state index contributed by atoms with van der Waals surface area (Å²) in [5.74, 6) is 0.372. The van der Waals surface area contributed by atoms with Crippen molar-refractivity contribution in [1.29, 1.82) is 0 Å². The van der Waals surface area contributed by atoms with Gasteiger partial charge >= 0.3 is 0 Å². The minimum Gasteiger partial charge on any atom is -0.391 e. The van der Waals surface area contributed by atoms with E-state index in [2.05, 4.69) is 37.6 Å². The van der Waals surface area contributed by atoms with E-state index in [1.165, 1.54) is 6.42 Å². The Bertz CT molecular complexity index is 419. The first-order valence-corrected chi connectivity index (χ1v) is 7.90. The molecular weight excluding hydrogens is 258 g/mol. The summed E-state index contributed by atoms with van der Waals surface area (Å²) in [5.41, 5.74) is 1.06. The lowest BCUT2D eigenvalue weighted by molar-refractivity contribution is 0.283. The van der Waals surface area contributed by atoms with Gasteiger partial charge in [-0.1, -0.05) is 25.2 Å². The van der Waals surface area contributed by atoms with Gasteiger partial charge in [0.25, 0.3) is 0 Å². The monoisotopic (exact) mass is 283 g/mol. The summed E-state index contributed by atoms with van der Waals surface area (Å²) in [5, 5.41) is 10.6. The second-order valence-corrected chi connectivity index (χ2v) is 6.84. The fourth-order valence-corrected chi connectivity index (χ4v) is 3.90. The van der Waals surface area contributed by atoms with Gasteiger partial charge in [-0.15, -0.1) is 0 Å². The third-order valence-electron chi connectivity index (χ3n) is 3.70. The summed E-state index contributed by atoms with van der Waals surface area (Å²) in [6, 6.07) is 0.477. The molecular formula is C14H25N3OS. The van der Waals surface area contributed by atoms with Crippen molar-refractivity contribution >= 4 is 16.5 Å². The first-order chi connectivity index (χ1) is 9.02. The molecule has 0 aliphatic carbocycles. The number of nitrogens with zero attached hydrogens (tertiary/aromatic N) is 3. The summed E-state index contributed by atoms with van der Waals surface area (Å²) in [7, 11) is 2.18. The summed E-state index contributed by atoms with van der Waals surface area (Å²) in [4.78, 5) is 10.6. The third kappa shape index (κ3) is 3.27. The summed E-state index contributed by atoms with van der Waals surface area (Å²) >= 11 is 1.65. The minimum absolute atomic E-state index is 0.104. The van der Waals surface area contributed by atoms with Crippen LogP contribution in [0.5, 0.6) is 0 Å². The van der Waals surface area contributed by atoms with Crippen LogP contribution in [-0.2, 0) is 6.61 Å². The van der Waals surface area contributed by atoms with Crippen molar-refractivity contribution in [3.05, 3.63) is 10.6 Å². The Morgan fingerprint density at radius 3 is 2.74 bits per heavy atom. The van der Waals surface area contributed by atoms with Gasteiger partial charge in [-0.3, -0.25) is 0 Å². The first kappa shape index (κ1) is 14.8. The van der Waals surface area contributed by atoms with Crippen LogP contribution in [0.4, 0.5) is 5.13 Å². The zero-order valence-corrected chi connectivity index (χ0v) is 13.2. The van der Waals surface area contributed by atoms with E-state index in [1.807, 2.05) is 0 Å². The molecule has 0 bridgehead atoms. The number of aromatic nitrogens is 1. The summed E-state index contributed by atoms with van der Waals surface area (Å²) < 4.78 is 0. The van der Waals surface area contributed by atoms with Crippen molar-refractivity contribution in [2.24, 2.45) is 0 Å². The zero-order chi connectivity index (χ0) is 14.0. The lowest BCUT2D eigenvalue weighted by atomic mass is 10.1. The molecule has 2 heterocycles. The molecule has 0 aromatic carbocycles. The maximum atomic E-state index is 9.49. The van der Waals surface area contributed by atoms with Crippen LogP contribution in [0.15, 0.2) is 0 Å². The number of aliphatic hydroxyl groups is 1. The van der Waals surface area contributed by atoms with Crippen LogP contribution in [0, 0.1) is 0 Å². The van der Waals surface area contributed by atoms with Gasteiger partial charge in [0, 0.05) is 19.1 Å². The molecule has 1 fully saturated rings. The maximum Gasteiger partial charge on any atom is 0.186 e. The largest absolute Gasteiger partial charge is 0.391 e. The smallest absolute Gasteiger partial charge is 0.186 e. The summed E-state index contributed by atoms with van der Waals surface area (Å²) in [6.07, 6.45) is 1.17. The van der Waals surface area contributed by atoms with E-state index in [-0.39, 0.29) is 6.61 Å². The van der Waals surface area contributed by atoms with Gasteiger partial charge in [0.1, 0.15) is 0 Å². The Morgan fingerprint density at radius 1 is 1.42 bits per heavy atom. The highest BCUT2D eigenvalue weighted by molar-refractivity contribution is 7.15. The lowest BCUT2D eigenvalue weighted by Crippen LogP contribution is -2.37. The van der Waals surface area contributed by atoms with E-state index in [1.54, 1.807) is 11.3 Å². The second kappa shape index (κ2) is 6.20. The van der Waals surface area contributed by atoms with Gasteiger partial charge in [-0.2, -0.15) is 0 Å². The molecule has 4 nitrogen and oxygen atoms in total. The fraction of sp³-hybridized carbons (Fsp3) is 0.786. The predicted octanol–water partition coefficient (Wildman–Crippen LogP) is 2.29. The molecule has 0 radical (unpaired) electrons. The van der Waals surface area contributed by atoms with Crippen LogP contribution in [0.2, 0.25) is 0 Å². The lowest BCUT2D eigenvalue weighted by Gasteiger charge is -2.27. The van der Waals surface area contributed by atoms with E-state index >= 15 is 0 Å². The normalized spacial score (nSPS) is 22.0. The molecule has 1 atom stereocenters. The van der Waals surface area contributed by atoms with Crippen LogP contribution in [-0.4, -0.2) is 47.7 Å². The molecule has 0 saturated carbocycles. The second-order valence-electron chi connectivity index (χ2n) is 5.78. The number of rotatable bonds is 3. The van der Waals surface area contributed by atoms with Crippen LogP contribution < -0.4 is 4.90 Å². The Hall–Kier alpha value is -0.650. The quantitative estimate of drug-likeness (QED) is 0.924. The molecule has 0 amide bonds. The van der Waals surface area contributed by atoms with Crippen molar-refractivity contribution in [3.8, 4) is 0 Å². The standard InChI is InChI=1S/C14H25N3OS/c1-10(2)13-12(9-18)19-14(15-13)17-7-5-6-16(4)8-11(17)3/h10-11,18H,5-9H2,1-4H3. The van der Waals surface area contributed by atoms with Crippen LogP contribution in [0.3, 0.4) is 0 Å². The SMILES string of the molecule is CC(C)c1nc(N2CCCN(C)CC2C)sc1CO. The molecule has 1 N–H and O–H groups in total. The van der Waals surface area contributed by atoms with Crippen molar-refractivity contribution in [2.45, 2.75) is 45.8 Å². The van der Waals surface area contributed by atoms with E-state index in [0.29, 0.717) is 12.0 Å². The van der Waals surface area contributed by atoms with E-state index in [4.69, 9.17) is 4.98 Å². The van der Waals surface area contributed by atoms with Crippen molar-refractivity contribution in [2.75, 3.05) is 31.6 Å². The zero-order valence-electron chi connectivity index (χ0n) is 12.4. The number of hydrogen-bond donors (Lipinski definition) is 1. The van der Waals surface area contributed by atoms with Gasteiger partial charge in [0.05, 0.1) is 17.2 Å². The number of hydrogen-bond acceptors (Lipinski definition) is 5. The molecule has 1 unspecified atom stereocenters. The van der Waals surface area contributed by atoms with Gasteiger partial charge in [0.2, 0.25) is 0 Å². The molecule has 0 spiro atoms. The number of likely N-dealkylation sites (N-methyl/N-ethyl adjacent to an activating group) is 1. The van der Waals surface area contributed by atoms with Crippen LogP contribution >= 0.6 is 11.3 Å². The Kier molecular flexibility index (Phi) is 4.81. The van der Waals surface area contributed by atoms with E-state index in [0.717, 1.165) is 35.3 Å². The number of aliphatic hydroxyl groups excluding tert-OH is 1. The number of thiazole rings is 1. The molecule has 1 aliphatic heterocycles. The van der Waals surface area contributed by atoms with Crippen molar-refractivity contribution in [1.82, 2.24) is 9.88 Å². The average molecular weight is 283 g/mol. The molecule has 1 aromatic heterocycles. The Balaban J connectivity index is 2.25. The molecule has 5 heteroatoms. The first-order valence-electron chi connectivity index (χ1n) is 7.08. The fourth-order valence-electron chi connectivity index (χ4n) is 2.69. The topological polar surface area (TPSA) is 39.6 Å². The van der Waals surface area contributed by atoms with E-state index < -0.39 is 0 Å². The van der Waals surface area contributed by atoms with Crippen molar-refractivity contribution < 1.29 is 5.11 Å².